The summed E-state index contributed by atoms with van der Waals surface area (Å²) in [5.74, 6) is 0. The third kappa shape index (κ3) is 2.27. The van der Waals surface area contributed by atoms with Gasteiger partial charge in [-0.15, -0.1) is 11.3 Å². The molecule has 0 saturated carbocycles. The van der Waals surface area contributed by atoms with Gasteiger partial charge in [-0.2, -0.15) is 0 Å². The van der Waals surface area contributed by atoms with Crippen LogP contribution in [0.2, 0.25) is 0 Å². The van der Waals surface area contributed by atoms with Gasteiger partial charge >= 0.3 is 0 Å². The molecule has 1 heterocycles. The Morgan fingerprint density at radius 1 is 1.55 bits per heavy atom. The van der Waals surface area contributed by atoms with Crippen LogP contribution in [0, 0.1) is 0 Å². The molecule has 0 amide bonds. The van der Waals surface area contributed by atoms with E-state index < -0.39 is 6.23 Å². The van der Waals surface area contributed by atoms with Crippen LogP contribution < -0.4 is 0 Å². The van der Waals surface area contributed by atoms with Crippen LogP contribution in [-0.4, -0.2) is 24.1 Å². The number of halogens is 1. The van der Waals surface area contributed by atoms with Gasteiger partial charge in [0.05, 0.1) is 3.79 Å². The van der Waals surface area contributed by atoms with Crippen molar-refractivity contribution >= 4 is 27.3 Å². The fraction of sp³-hybridized carbons (Fsp3) is 0.429. The first kappa shape index (κ1) is 9.19. The smallest absolute Gasteiger partial charge is 0.142 e. The quantitative estimate of drug-likeness (QED) is 0.794. The first-order valence-electron chi connectivity index (χ1n) is 3.21. The third-order valence-electron chi connectivity index (χ3n) is 1.34. The van der Waals surface area contributed by atoms with Crippen molar-refractivity contribution in [3.05, 3.63) is 20.8 Å². The van der Waals surface area contributed by atoms with Gasteiger partial charge in [-0.05, 0) is 42.2 Å². The zero-order chi connectivity index (χ0) is 8.43. The predicted molar refractivity (Wildman–Crippen MR) is 50.7 cm³/mol. The molecule has 1 atom stereocenters. The van der Waals surface area contributed by atoms with Crippen LogP contribution in [0.3, 0.4) is 0 Å². The van der Waals surface area contributed by atoms with Crippen molar-refractivity contribution < 1.29 is 5.11 Å². The van der Waals surface area contributed by atoms with Crippen molar-refractivity contribution in [2.75, 3.05) is 14.1 Å². The van der Waals surface area contributed by atoms with Crippen LogP contribution in [-0.2, 0) is 0 Å². The van der Waals surface area contributed by atoms with Crippen LogP contribution in [0.25, 0.3) is 0 Å². The topological polar surface area (TPSA) is 23.5 Å². The highest BCUT2D eigenvalue weighted by Crippen LogP contribution is 2.27. The van der Waals surface area contributed by atoms with E-state index in [0.29, 0.717) is 0 Å². The number of hydrogen-bond acceptors (Lipinski definition) is 3. The van der Waals surface area contributed by atoms with E-state index in [-0.39, 0.29) is 0 Å². The minimum Gasteiger partial charge on any atom is -0.373 e. The lowest BCUT2D eigenvalue weighted by atomic mass is 10.4. The van der Waals surface area contributed by atoms with Crippen LogP contribution in [0.15, 0.2) is 15.9 Å². The fourth-order valence-corrected chi connectivity index (χ4v) is 2.23. The summed E-state index contributed by atoms with van der Waals surface area (Å²) in [6.45, 7) is 0. The Balaban J connectivity index is 2.76. The molecule has 0 saturated heterocycles. The highest BCUT2D eigenvalue weighted by atomic mass is 79.9. The van der Waals surface area contributed by atoms with Gasteiger partial charge in [0, 0.05) is 4.88 Å². The molecule has 0 radical (unpaired) electrons. The average Bonchev–Trinajstić information content (AvgIpc) is 2.34. The van der Waals surface area contributed by atoms with Gasteiger partial charge in [0.15, 0.2) is 0 Å². The highest BCUT2D eigenvalue weighted by Gasteiger charge is 2.10. The van der Waals surface area contributed by atoms with Gasteiger partial charge < -0.3 is 5.11 Å². The minimum atomic E-state index is -0.480. The number of nitrogens with zero attached hydrogens (tertiary/aromatic N) is 1. The number of thiophene rings is 1. The molecule has 0 bridgehead atoms. The summed E-state index contributed by atoms with van der Waals surface area (Å²) in [4.78, 5) is 2.72. The number of hydrogen-bond donors (Lipinski definition) is 1. The Bertz CT molecular complexity index is 236. The van der Waals surface area contributed by atoms with Gasteiger partial charge in [-0.3, -0.25) is 4.90 Å². The van der Waals surface area contributed by atoms with E-state index >= 15 is 0 Å². The maximum atomic E-state index is 9.53. The molecule has 1 rings (SSSR count). The number of aliphatic hydroxyl groups is 1. The zero-order valence-electron chi connectivity index (χ0n) is 6.41. The molecule has 1 aromatic rings. The lowest BCUT2D eigenvalue weighted by molar-refractivity contribution is 0.0427. The summed E-state index contributed by atoms with van der Waals surface area (Å²) in [5.41, 5.74) is 0. The van der Waals surface area contributed by atoms with Crippen molar-refractivity contribution in [3.63, 3.8) is 0 Å². The molecule has 0 aromatic carbocycles. The van der Waals surface area contributed by atoms with Crippen LogP contribution in [0.4, 0.5) is 0 Å². The lowest BCUT2D eigenvalue weighted by Crippen LogP contribution is -2.17. The van der Waals surface area contributed by atoms with Crippen molar-refractivity contribution in [2.45, 2.75) is 6.23 Å². The SMILES string of the molecule is CN(C)C(O)c1ccc(Br)s1. The second-order valence-electron chi connectivity index (χ2n) is 2.48. The Morgan fingerprint density at radius 2 is 2.18 bits per heavy atom. The lowest BCUT2D eigenvalue weighted by Gasteiger charge is -2.16. The van der Waals surface area contributed by atoms with E-state index in [2.05, 4.69) is 15.9 Å². The number of aliphatic hydroxyl groups excluding tert-OH is 1. The van der Waals surface area contributed by atoms with Crippen molar-refractivity contribution in [3.8, 4) is 0 Å². The average molecular weight is 236 g/mol. The Labute approximate surface area is 78.6 Å². The highest BCUT2D eigenvalue weighted by molar-refractivity contribution is 9.11. The van der Waals surface area contributed by atoms with Crippen LogP contribution >= 0.6 is 27.3 Å². The Kier molecular flexibility index (Phi) is 3.06. The molecule has 4 heteroatoms. The second-order valence-corrected chi connectivity index (χ2v) is 4.97. The van der Waals surface area contributed by atoms with E-state index in [1.165, 1.54) is 0 Å². The number of rotatable bonds is 2. The first-order valence-corrected chi connectivity index (χ1v) is 4.82. The van der Waals surface area contributed by atoms with E-state index in [1.54, 1.807) is 16.2 Å². The standard InChI is InChI=1S/C7H10BrNOS/c1-9(2)7(10)5-3-4-6(8)11-5/h3-4,7,10H,1-2H3. The zero-order valence-corrected chi connectivity index (χ0v) is 8.82. The molecular weight excluding hydrogens is 226 g/mol. The Morgan fingerprint density at radius 3 is 2.55 bits per heavy atom. The van der Waals surface area contributed by atoms with E-state index in [9.17, 15) is 5.11 Å². The molecule has 1 N–H and O–H groups in total. The van der Waals surface area contributed by atoms with E-state index in [4.69, 9.17) is 0 Å². The van der Waals surface area contributed by atoms with Crippen molar-refractivity contribution in [1.29, 1.82) is 0 Å². The molecule has 62 valence electrons. The summed E-state index contributed by atoms with van der Waals surface area (Å²) < 4.78 is 1.05. The second kappa shape index (κ2) is 3.67. The molecule has 2 nitrogen and oxygen atoms in total. The summed E-state index contributed by atoms with van der Waals surface area (Å²) in [7, 11) is 3.69. The summed E-state index contributed by atoms with van der Waals surface area (Å²) in [6, 6.07) is 3.85. The maximum absolute atomic E-state index is 9.53. The monoisotopic (exact) mass is 235 g/mol. The predicted octanol–water partition coefficient (Wildman–Crippen LogP) is 2.06. The molecule has 11 heavy (non-hydrogen) atoms. The molecule has 0 spiro atoms. The summed E-state index contributed by atoms with van der Waals surface area (Å²) in [6.07, 6.45) is -0.480. The van der Waals surface area contributed by atoms with Crippen LogP contribution in [0.5, 0.6) is 0 Å². The van der Waals surface area contributed by atoms with Crippen molar-refractivity contribution in [2.24, 2.45) is 0 Å². The molecule has 0 aliphatic carbocycles. The summed E-state index contributed by atoms with van der Waals surface area (Å²) >= 11 is 4.89. The van der Waals surface area contributed by atoms with Gasteiger partial charge in [-0.1, -0.05) is 0 Å². The van der Waals surface area contributed by atoms with Gasteiger partial charge in [0.25, 0.3) is 0 Å². The first-order chi connectivity index (χ1) is 5.11. The summed E-state index contributed by atoms with van der Waals surface area (Å²) in [5, 5.41) is 9.53. The third-order valence-corrected chi connectivity index (χ3v) is 3.00. The molecular formula is C7H10BrNOS. The van der Waals surface area contributed by atoms with Gasteiger partial charge in [0.1, 0.15) is 6.23 Å². The maximum Gasteiger partial charge on any atom is 0.142 e. The van der Waals surface area contributed by atoms with E-state index in [1.807, 2.05) is 26.2 Å². The fourth-order valence-electron chi connectivity index (χ4n) is 0.722. The molecule has 0 fully saturated rings. The van der Waals surface area contributed by atoms with Crippen LogP contribution in [0.1, 0.15) is 11.1 Å². The van der Waals surface area contributed by atoms with Gasteiger partial charge in [0.2, 0.25) is 0 Å². The molecule has 0 aliphatic rings. The normalized spacial score (nSPS) is 13.9. The van der Waals surface area contributed by atoms with Gasteiger partial charge in [-0.25, -0.2) is 0 Å². The minimum absolute atomic E-state index is 0.480. The van der Waals surface area contributed by atoms with E-state index in [0.717, 1.165) is 8.66 Å². The molecule has 0 aliphatic heterocycles. The molecule has 1 aromatic heterocycles. The van der Waals surface area contributed by atoms with Crippen molar-refractivity contribution in [1.82, 2.24) is 4.90 Å². The largest absolute Gasteiger partial charge is 0.373 e. The Hall–Kier alpha value is 0.1000. The molecule has 1 unspecified atom stereocenters.